The standard InChI is InChI=1S/C14H21NO4/c1-18-12-5-9-3-4-15-14(10(7-16)8-17)11(9)6-13(12)19-2/h5-6,10,14-17H,3-4,7-8H2,1-2H3/t14-/m0/s1. The average molecular weight is 267 g/mol. The van der Waals surface area contributed by atoms with E-state index in [0.29, 0.717) is 11.5 Å². The van der Waals surface area contributed by atoms with Crippen molar-refractivity contribution in [3.8, 4) is 11.5 Å². The van der Waals surface area contributed by atoms with Gasteiger partial charge in [-0.3, -0.25) is 0 Å². The zero-order chi connectivity index (χ0) is 13.8. The Labute approximate surface area is 113 Å². The molecule has 0 fully saturated rings. The van der Waals surface area contributed by atoms with Crippen molar-refractivity contribution in [1.29, 1.82) is 0 Å². The number of rotatable bonds is 5. The fraction of sp³-hybridized carbons (Fsp3) is 0.571. The van der Waals surface area contributed by atoms with Gasteiger partial charge in [0.05, 0.1) is 14.2 Å². The molecule has 1 aromatic carbocycles. The smallest absolute Gasteiger partial charge is 0.161 e. The van der Waals surface area contributed by atoms with Crippen molar-refractivity contribution in [2.45, 2.75) is 12.5 Å². The van der Waals surface area contributed by atoms with Crippen molar-refractivity contribution >= 4 is 0 Å². The molecule has 0 radical (unpaired) electrons. The van der Waals surface area contributed by atoms with Gasteiger partial charge in [0.1, 0.15) is 0 Å². The van der Waals surface area contributed by atoms with Gasteiger partial charge in [-0.25, -0.2) is 0 Å². The van der Waals surface area contributed by atoms with E-state index in [9.17, 15) is 10.2 Å². The summed E-state index contributed by atoms with van der Waals surface area (Å²) in [5, 5.41) is 22.1. The van der Waals surface area contributed by atoms with Crippen molar-refractivity contribution in [3.05, 3.63) is 23.3 Å². The molecule has 0 saturated carbocycles. The van der Waals surface area contributed by atoms with Crippen LogP contribution in [0, 0.1) is 5.92 Å². The molecular formula is C14H21NO4. The Bertz CT molecular complexity index is 432. The summed E-state index contributed by atoms with van der Waals surface area (Å²) in [7, 11) is 3.22. The third-order valence-electron chi connectivity index (χ3n) is 3.68. The fourth-order valence-electron chi connectivity index (χ4n) is 2.60. The Kier molecular flexibility index (Phi) is 4.63. The molecule has 0 bridgehead atoms. The molecule has 1 aliphatic heterocycles. The zero-order valence-corrected chi connectivity index (χ0v) is 11.3. The van der Waals surface area contributed by atoms with Crippen molar-refractivity contribution in [3.63, 3.8) is 0 Å². The van der Waals surface area contributed by atoms with Gasteiger partial charge in [0.2, 0.25) is 0 Å². The van der Waals surface area contributed by atoms with Crippen molar-refractivity contribution < 1.29 is 19.7 Å². The summed E-state index contributed by atoms with van der Waals surface area (Å²) in [5.41, 5.74) is 2.24. The highest BCUT2D eigenvalue weighted by molar-refractivity contribution is 5.49. The molecule has 1 aromatic rings. The molecule has 106 valence electrons. The van der Waals surface area contributed by atoms with Crippen molar-refractivity contribution in [2.75, 3.05) is 34.0 Å². The SMILES string of the molecule is COc1cc2c(cc1OC)[C@H](C(CO)CO)NCC2. The number of aliphatic hydroxyl groups is 2. The molecule has 3 N–H and O–H groups in total. The van der Waals surface area contributed by atoms with Crippen LogP contribution in [0.1, 0.15) is 17.2 Å². The first-order valence-corrected chi connectivity index (χ1v) is 6.45. The average Bonchev–Trinajstić information content (AvgIpc) is 2.47. The van der Waals surface area contributed by atoms with E-state index in [-0.39, 0.29) is 25.2 Å². The van der Waals surface area contributed by atoms with Gasteiger partial charge in [-0.05, 0) is 36.2 Å². The summed E-state index contributed by atoms with van der Waals surface area (Å²) in [6.07, 6.45) is 0.899. The van der Waals surface area contributed by atoms with E-state index in [2.05, 4.69) is 5.32 Å². The molecule has 0 aliphatic carbocycles. The van der Waals surface area contributed by atoms with Crippen LogP contribution in [0.15, 0.2) is 12.1 Å². The minimum Gasteiger partial charge on any atom is -0.493 e. The number of nitrogens with one attached hydrogen (secondary N) is 1. The van der Waals surface area contributed by atoms with E-state index in [1.54, 1.807) is 14.2 Å². The molecule has 0 amide bonds. The normalized spacial score (nSPS) is 18.3. The molecular weight excluding hydrogens is 246 g/mol. The van der Waals surface area contributed by atoms with E-state index < -0.39 is 0 Å². The van der Waals surface area contributed by atoms with Crippen LogP contribution in [-0.4, -0.2) is 44.2 Å². The first kappa shape index (κ1) is 14.1. The minimum atomic E-state index is -0.211. The van der Waals surface area contributed by atoms with Gasteiger partial charge in [-0.1, -0.05) is 0 Å². The largest absolute Gasteiger partial charge is 0.493 e. The lowest BCUT2D eigenvalue weighted by atomic mass is 9.86. The first-order chi connectivity index (χ1) is 9.24. The molecule has 0 unspecified atom stereocenters. The maximum absolute atomic E-state index is 9.38. The Hall–Kier alpha value is -1.30. The van der Waals surface area contributed by atoms with Crippen LogP contribution in [0.2, 0.25) is 0 Å². The van der Waals surface area contributed by atoms with Crippen molar-refractivity contribution in [1.82, 2.24) is 5.32 Å². The van der Waals surface area contributed by atoms with Gasteiger partial charge < -0.3 is 25.0 Å². The highest BCUT2D eigenvalue weighted by Crippen LogP contribution is 2.37. The van der Waals surface area contributed by atoms with E-state index in [1.807, 2.05) is 12.1 Å². The lowest BCUT2D eigenvalue weighted by molar-refractivity contribution is 0.117. The number of hydrogen-bond donors (Lipinski definition) is 3. The summed E-state index contributed by atoms with van der Waals surface area (Å²) in [6.45, 7) is 0.716. The van der Waals surface area contributed by atoms with Crippen LogP contribution >= 0.6 is 0 Å². The van der Waals surface area contributed by atoms with Gasteiger partial charge in [0.15, 0.2) is 11.5 Å². The number of methoxy groups -OCH3 is 2. The monoisotopic (exact) mass is 267 g/mol. The third-order valence-corrected chi connectivity index (χ3v) is 3.68. The molecule has 1 atom stereocenters. The molecule has 1 aliphatic rings. The lowest BCUT2D eigenvalue weighted by Gasteiger charge is -2.32. The van der Waals surface area contributed by atoms with Gasteiger partial charge in [-0.2, -0.15) is 0 Å². The van der Waals surface area contributed by atoms with E-state index in [4.69, 9.17) is 9.47 Å². The fourth-order valence-corrected chi connectivity index (χ4v) is 2.60. The van der Waals surface area contributed by atoms with Crippen LogP contribution in [0.25, 0.3) is 0 Å². The number of fused-ring (bicyclic) bond motifs is 1. The van der Waals surface area contributed by atoms with Gasteiger partial charge in [0.25, 0.3) is 0 Å². The molecule has 5 heteroatoms. The second-order valence-electron chi connectivity index (χ2n) is 4.71. The van der Waals surface area contributed by atoms with E-state index in [0.717, 1.165) is 18.5 Å². The van der Waals surface area contributed by atoms with E-state index in [1.165, 1.54) is 5.56 Å². The summed E-state index contributed by atoms with van der Waals surface area (Å²) < 4.78 is 10.6. The molecule has 0 aromatic heterocycles. The van der Waals surface area contributed by atoms with Crippen LogP contribution in [0.3, 0.4) is 0 Å². The van der Waals surface area contributed by atoms with Gasteiger partial charge in [-0.15, -0.1) is 0 Å². The van der Waals surface area contributed by atoms with Gasteiger partial charge >= 0.3 is 0 Å². The maximum Gasteiger partial charge on any atom is 0.161 e. The topological polar surface area (TPSA) is 71.0 Å². The Morgan fingerprint density at radius 3 is 2.42 bits per heavy atom. The molecule has 5 nitrogen and oxygen atoms in total. The summed E-state index contributed by atoms with van der Waals surface area (Å²) >= 11 is 0. The summed E-state index contributed by atoms with van der Waals surface area (Å²) in [4.78, 5) is 0. The zero-order valence-electron chi connectivity index (χ0n) is 11.3. The Morgan fingerprint density at radius 1 is 1.21 bits per heavy atom. The molecule has 19 heavy (non-hydrogen) atoms. The summed E-state index contributed by atoms with van der Waals surface area (Å²) in [5.74, 6) is 1.17. The number of hydrogen-bond acceptors (Lipinski definition) is 5. The summed E-state index contributed by atoms with van der Waals surface area (Å²) in [6, 6.07) is 3.86. The first-order valence-electron chi connectivity index (χ1n) is 6.45. The second kappa shape index (κ2) is 6.23. The predicted molar refractivity (Wildman–Crippen MR) is 71.7 cm³/mol. The Balaban J connectivity index is 2.42. The van der Waals surface area contributed by atoms with Crippen LogP contribution < -0.4 is 14.8 Å². The quantitative estimate of drug-likeness (QED) is 0.724. The minimum absolute atomic E-state index is 0.0536. The molecule has 1 heterocycles. The lowest BCUT2D eigenvalue weighted by Crippen LogP contribution is -2.37. The highest BCUT2D eigenvalue weighted by Gasteiger charge is 2.28. The number of ether oxygens (including phenoxy) is 2. The van der Waals surface area contributed by atoms with Crippen molar-refractivity contribution in [2.24, 2.45) is 5.92 Å². The van der Waals surface area contributed by atoms with Gasteiger partial charge in [0, 0.05) is 25.2 Å². The number of benzene rings is 1. The maximum atomic E-state index is 9.38. The highest BCUT2D eigenvalue weighted by atomic mass is 16.5. The van der Waals surface area contributed by atoms with Crippen LogP contribution in [0.5, 0.6) is 11.5 Å². The van der Waals surface area contributed by atoms with Crippen LogP contribution in [0.4, 0.5) is 0 Å². The Morgan fingerprint density at radius 2 is 1.84 bits per heavy atom. The predicted octanol–water partition coefficient (Wildman–Crippen LogP) is 0.491. The third kappa shape index (κ3) is 2.68. The van der Waals surface area contributed by atoms with E-state index >= 15 is 0 Å². The molecule has 0 spiro atoms. The number of aliphatic hydroxyl groups excluding tert-OH is 2. The molecule has 2 rings (SSSR count). The molecule has 0 saturated heterocycles. The van der Waals surface area contributed by atoms with Crippen LogP contribution in [-0.2, 0) is 6.42 Å². The second-order valence-corrected chi connectivity index (χ2v) is 4.71.